The molecule has 2 aromatic heterocycles. The van der Waals surface area contributed by atoms with Crippen molar-refractivity contribution < 1.29 is 13.5 Å². The molecule has 1 unspecified atom stereocenters. The number of allylic oxidation sites excluding steroid dienone is 1. The minimum absolute atomic E-state index is 0.0893. The maximum Gasteiger partial charge on any atom is 0.244 e. The van der Waals surface area contributed by atoms with Crippen LogP contribution in [0.2, 0.25) is 0 Å². The number of para-hydroxylation sites is 1. The van der Waals surface area contributed by atoms with E-state index in [0.717, 1.165) is 14.5 Å². The van der Waals surface area contributed by atoms with Crippen molar-refractivity contribution in [2.24, 2.45) is 0 Å². The van der Waals surface area contributed by atoms with Crippen molar-refractivity contribution in [3.8, 4) is 6.07 Å². The zero-order valence-electron chi connectivity index (χ0n) is 15.9. The van der Waals surface area contributed by atoms with E-state index in [2.05, 4.69) is 9.97 Å². The van der Waals surface area contributed by atoms with Crippen LogP contribution >= 0.6 is 23.1 Å². The molecule has 10 heteroatoms. The largest absolute Gasteiger partial charge is 0.510 e. The summed E-state index contributed by atoms with van der Waals surface area (Å²) >= 11 is 2.56. The number of pyridine rings is 1. The smallest absolute Gasteiger partial charge is 0.244 e. The number of hydrogen-bond acceptors (Lipinski definition) is 8. The topological polar surface area (TPSA) is 107 Å². The number of hydrogen-bond donors (Lipinski definition) is 1. The number of thioether (sulfide) groups is 1. The third-order valence-electron chi connectivity index (χ3n) is 4.05. The Hall–Kier alpha value is -2.45. The van der Waals surface area contributed by atoms with Gasteiger partial charge in [0.25, 0.3) is 0 Å². The molecule has 2 heterocycles. The monoisotopic (exact) mass is 446 g/mol. The fraction of sp³-hybridized carbons (Fsp3) is 0.211. The number of fused-ring (bicyclic) bond motifs is 1. The van der Waals surface area contributed by atoms with Gasteiger partial charge in [0.15, 0.2) is 0 Å². The van der Waals surface area contributed by atoms with Gasteiger partial charge in [-0.15, -0.1) is 11.3 Å². The van der Waals surface area contributed by atoms with Crippen LogP contribution < -0.4 is 0 Å². The van der Waals surface area contributed by atoms with Gasteiger partial charge in [-0.05, 0) is 31.2 Å². The first-order valence-corrected chi connectivity index (χ1v) is 11.6. The van der Waals surface area contributed by atoms with Gasteiger partial charge in [-0.1, -0.05) is 23.9 Å². The van der Waals surface area contributed by atoms with Crippen LogP contribution in [0, 0.1) is 11.3 Å². The van der Waals surface area contributed by atoms with Crippen LogP contribution in [0.3, 0.4) is 0 Å². The van der Waals surface area contributed by atoms with Crippen LogP contribution in [0.25, 0.3) is 15.8 Å². The summed E-state index contributed by atoms with van der Waals surface area (Å²) in [4.78, 5) is 8.69. The Morgan fingerprint density at radius 2 is 2.00 bits per heavy atom. The van der Waals surface area contributed by atoms with Crippen LogP contribution in [0.1, 0.15) is 11.9 Å². The maximum absolute atomic E-state index is 12.1. The van der Waals surface area contributed by atoms with E-state index in [4.69, 9.17) is 0 Å². The Bertz CT molecular complexity index is 1180. The molecule has 150 valence electrons. The molecule has 0 saturated heterocycles. The molecular weight excluding hydrogens is 428 g/mol. The first-order valence-electron chi connectivity index (χ1n) is 8.48. The highest BCUT2D eigenvalue weighted by Gasteiger charge is 2.21. The van der Waals surface area contributed by atoms with Crippen molar-refractivity contribution >= 4 is 48.9 Å². The lowest BCUT2D eigenvalue weighted by Gasteiger charge is -2.13. The van der Waals surface area contributed by atoms with Crippen molar-refractivity contribution in [1.29, 1.82) is 5.26 Å². The molecule has 1 aromatic carbocycles. The van der Waals surface area contributed by atoms with Crippen LogP contribution in [0.15, 0.2) is 58.3 Å². The molecule has 3 rings (SSSR count). The summed E-state index contributed by atoms with van der Waals surface area (Å²) in [5.74, 6) is -0.0941. The molecular formula is C19H18N4O3S3. The summed E-state index contributed by atoms with van der Waals surface area (Å²) in [5, 5.41) is 20.7. The van der Waals surface area contributed by atoms with Crippen molar-refractivity contribution in [2.45, 2.75) is 22.1 Å². The van der Waals surface area contributed by atoms with Crippen LogP contribution in [-0.2, 0) is 10.0 Å². The minimum atomic E-state index is -3.55. The molecule has 0 radical (unpaired) electrons. The number of sulfonamides is 1. The predicted octanol–water partition coefficient (Wildman–Crippen LogP) is 3.92. The van der Waals surface area contributed by atoms with Gasteiger partial charge in [0.2, 0.25) is 10.0 Å². The lowest BCUT2D eigenvalue weighted by molar-refractivity contribution is 0.402. The van der Waals surface area contributed by atoms with E-state index in [1.807, 2.05) is 30.3 Å². The third kappa shape index (κ3) is 4.43. The van der Waals surface area contributed by atoms with E-state index in [0.29, 0.717) is 10.0 Å². The molecule has 0 spiro atoms. The number of aliphatic hydroxyl groups is 1. The van der Waals surface area contributed by atoms with E-state index in [1.54, 1.807) is 13.0 Å². The van der Waals surface area contributed by atoms with Gasteiger partial charge in [-0.25, -0.2) is 22.7 Å². The summed E-state index contributed by atoms with van der Waals surface area (Å²) in [5.41, 5.74) is 0.894. The van der Waals surface area contributed by atoms with Gasteiger partial charge >= 0.3 is 0 Å². The van der Waals surface area contributed by atoms with Gasteiger partial charge in [-0.2, -0.15) is 5.26 Å². The second kappa shape index (κ2) is 8.51. The molecule has 0 aliphatic heterocycles. The SMILES string of the molecule is CC(Sc1ccc(S(=O)(=O)N(C)C)cn1)/C(O)=C(\C#N)c1nc2ccccc2s1. The number of rotatable bonds is 6. The fourth-order valence-electron chi connectivity index (χ4n) is 2.43. The Labute approximate surface area is 177 Å². The molecule has 3 aromatic rings. The molecule has 29 heavy (non-hydrogen) atoms. The van der Waals surface area contributed by atoms with Crippen LogP contribution in [-0.4, -0.2) is 47.1 Å². The summed E-state index contributed by atoms with van der Waals surface area (Å²) in [7, 11) is -0.646. The molecule has 0 fully saturated rings. The quantitative estimate of drug-likeness (QED) is 0.347. The van der Waals surface area contributed by atoms with E-state index in [-0.39, 0.29) is 16.2 Å². The van der Waals surface area contributed by atoms with Gasteiger partial charge in [0.1, 0.15) is 27.3 Å². The Balaban J connectivity index is 1.85. The molecule has 7 nitrogen and oxygen atoms in total. The van der Waals surface area contributed by atoms with Gasteiger partial charge in [0, 0.05) is 20.3 Å². The summed E-state index contributed by atoms with van der Waals surface area (Å²) in [6.07, 6.45) is 1.28. The molecule has 0 aliphatic rings. The molecule has 1 N–H and O–H groups in total. The number of aromatic nitrogens is 2. The maximum atomic E-state index is 12.1. The highest BCUT2D eigenvalue weighted by atomic mass is 32.2. The average molecular weight is 447 g/mol. The average Bonchev–Trinajstić information content (AvgIpc) is 3.12. The van der Waals surface area contributed by atoms with Gasteiger partial charge < -0.3 is 5.11 Å². The Morgan fingerprint density at radius 3 is 2.59 bits per heavy atom. The van der Waals surface area contributed by atoms with E-state index in [1.165, 1.54) is 49.5 Å². The Kier molecular flexibility index (Phi) is 6.24. The molecule has 0 bridgehead atoms. The lowest BCUT2D eigenvalue weighted by atomic mass is 10.2. The van der Waals surface area contributed by atoms with Crippen LogP contribution in [0.5, 0.6) is 0 Å². The standard InChI is InChI=1S/C19H18N4O3S3/c1-12(27-17-9-8-13(11-21-17)29(25,26)23(2)3)18(24)14(10-20)19-22-15-6-4-5-7-16(15)28-19/h4-9,11-12,24H,1-3H3/b18-14-. The van der Waals surface area contributed by atoms with Gasteiger partial charge in [-0.3, -0.25) is 0 Å². The van der Waals surface area contributed by atoms with Crippen molar-refractivity contribution in [3.63, 3.8) is 0 Å². The van der Waals surface area contributed by atoms with Crippen molar-refractivity contribution in [3.05, 3.63) is 53.4 Å². The Morgan fingerprint density at radius 1 is 1.28 bits per heavy atom. The van der Waals surface area contributed by atoms with Crippen molar-refractivity contribution in [2.75, 3.05) is 14.1 Å². The predicted molar refractivity (Wildman–Crippen MR) is 115 cm³/mol. The zero-order valence-corrected chi connectivity index (χ0v) is 18.3. The zero-order chi connectivity index (χ0) is 21.2. The second-order valence-corrected chi connectivity index (χ2v) is 10.8. The third-order valence-corrected chi connectivity index (χ3v) is 7.96. The number of thiazole rings is 1. The molecule has 0 saturated carbocycles. The molecule has 0 amide bonds. The fourth-order valence-corrected chi connectivity index (χ4v) is 5.10. The van der Waals surface area contributed by atoms with E-state index >= 15 is 0 Å². The highest BCUT2D eigenvalue weighted by Crippen LogP contribution is 2.33. The highest BCUT2D eigenvalue weighted by molar-refractivity contribution is 8.00. The first kappa shape index (κ1) is 21.3. The van der Waals surface area contributed by atoms with Crippen LogP contribution in [0.4, 0.5) is 0 Å². The van der Waals surface area contributed by atoms with E-state index < -0.39 is 15.3 Å². The van der Waals surface area contributed by atoms with E-state index in [9.17, 15) is 18.8 Å². The number of aliphatic hydroxyl groups excluding tert-OH is 1. The molecule has 0 aliphatic carbocycles. The number of nitrogens with zero attached hydrogens (tertiary/aromatic N) is 4. The van der Waals surface area contributed by atoms with Crippen molar-refractivity contribution in [1.82, 2.24) is 14.3 Å². The molecule has 1 atom stereocenters. The summed E-state index contributed by atoms with van der Waals surface area (Å²) in [6.45, 7) is 1.75. The van der Waals surface area contributed by atoms with Gasteiger partial charge in [0.05, 0.1) is 20.5 Å². The normalized spacial score (nSPS) is 13.9. The minimum Gasteiger partial charge on any atom is -0.510 e. The second-order valence-electron chi connectivity index (χ2n) is 6.24. The number of benzene rings is 1. The lowest BCUT2D eigenvalue weighted by Crippen LogP contribution is -2.22. The summed E-state index contributed by atoms with van der Waals surface area (Å²) in [6, 6.07) is 12.6. The first-order chi connectivity index (χ1) is 13.7. The summed E-state index contributed by atoms with van der Waals surface area (Å²) < 4.78 is 26.3. The number of nitriles is 1.